The Kier molecular flexibility index (Phi) is 3.17. The predicted octanol–water partition coefficient (Wildman–Crippen LogP) is 2.64. The molecule has 2 atom stereocenters. The van der Waals surface area contributed by atoms with Crippen LogP contribution >= 0.6 is 0 Å². The summed E-state index contributed by atoms with van der Waals surface area (Å²) in [5.41, 5.74) is 0.830. The van der Waals surface area contributed by atoms with Gasteiger partial charge >= 0.3 is 0 Å². The molecule has 0 spiro atoms. The molecule has 1 aliphatic heterocycles. The lowest BCUT2D eigenvalue weighted by atomic mass is 9.76. The van der Waals surface area contributed by atoms with E-state index < -0.39 is 0 Å². The molecule has 112 valence electrons. The van der Waals surface area contributed by atoms with E-state index >= 15 is 0 Å². The largest absolute Gasteiger partial charge is 0.509 e. The van der Waals surface area contributed by atoms with Crippen LogP contribution in [0.4, 0.5) is 5.69 Å². The summed E-state index contributed by atoms with van der Waals surface area (Å²) in [5, 5.41) is 12.9. The van der Waals surface area contributed by atoms with E-state index in [2.05, 4.69) is 5.32 Å². The number of aliphatic hydroxyl groups excluding tert-OH is 1. The number of fused-ring (bicyclic) bond motifs is 1. The van der Waals surface area contributed by atoms with E-state index in [0.717, 1.165) is 0 Å². The number of rotatable bonds is 3. The van der Waals surface area contributed by atoms with Gasteiger partial charge in [-0.25, -0.2) is 0 Å². The summed E-state index contributed by atoms with van der Waals surface area (Å²) in [6.45, 7) is 4.08. The Morgan fingerprint density at radius 3 is 2.86 bits per heavy atom. The Morgan fingerprint density at radius 2 is 2.14 bits per heavy atom. The van der Waals surface area contributed by atoms with Gasteiger partial charge < -0.3 is 19.9 Å². The van der Waals surface area contributed by atoms with Gasteiger partial charge in [-0.1, -0.05) is 26.0 Å². The molecular weight excluding hydrogens is 270 g/mol. The summed E-state index contributed by atoms with van der Waals surface area (Å²) in [7, 11) is 1.55. The summed E-state index contributed by atoms with van der Waals surface area (Å²) in [4.78, 5) is 12.5. The Bertz CT molecular complexity index is 620. The molecule has 2 aliphatic rings. The molecule has 0 radical (unpaired) electrons. The van der Waals surface area contributed by atoms with Crippen molar-refractivity contribution < 1.29 is 19.4 Å². The minimum atomic E-state index is -0.327. The van der Waals surface area contributed by atoms with Gasteiger partial charge in [-0.05, 0) is 24.0 Å². The van der Waals surface area contributed by atoms with Gasteiger partial charge in [0, 0.05) is 0 Å². The summed E-state index contributed by atoms with van der Waals surface area (Å²) in [6, 6.07) is 7.18. The van der Waals surface area contributed by atoms with Crippen molar-refractivity contribution in [2.75, 3.05) is 12.4 Å². The average Bonchev–Trinajstić information content (AvgIpc) is 3.25. The Morgan fingerprint density at radius 1 is 1.43 bits per heavy atom. The van der Waals surface area contributed by atoms with Crippen LogP contribution in [0.3, 0.4) is 0 Å². The molecule has 1 aromatic carbocycles. The quantitative estimate of drug-likeness (QED) is 0.839. The highest BCUT2D eigenvalue weighted by molar-refractivity contribution is 6.05. The van der Waals surface area contributed by atoms with E-state index in [-0.39, 0.29) is 29.3 Å². The third kappa shape index (κ3) is 2.38. The van der Waals surface area contributed by atoms with Crippen LogP contribution in [0.1, 0.15) is 20.3 Å². The fourth-order valence-electron chi connectivity index (χ4n) is 2.88. The van der Waals surface area contributed by atoms with Crippen LogP contribution in [0.5, 0.6) is 5.75 Å². The first-order valence-electron chi connectivity index (χ1n) is 6.96. The Labute approximate surface area is 123 Å². The lowest BCUT2D eigenvalue weighted by molar-refractivity contribution is -0.113. The Hall–Kier alpha value is -2.01. The van der Waals surface area contributed by atoms with Crippen molar-refractivity contribution >= 4 is 11.6 Å². The van der Waals surface area contributed by atoms with Gasteiger partial charge in [-0.3, -0.25) is 4.79 Å². The van der Waals surface area contributed by atoms with Crippen LogP contribution in [-0.4, -0.2) is 30.3 Å². The monoisotopic (exact) mass is 289 g/mol. The lowest BCUT2D eigenvalue weighted by Gasteiger charge is -2.27. The van der Waals surface area contributed by atoms with E-state index in [1.165, 1.54) is 0 Å². The van der Waals surface area contributed by atoms with Crippen molar-refractivity contribution in [2.24, 2.45) is 5.41 Å². The second-order valence-electron chi connectivity index (χ2n) is 6.16. The third-order valence-corrected chi connectivity index (χ3v) is 4.10. The molecular formula is C16H19NO4. The van der Waals surface area contributed by atoms with Crippen LogP contribution in [0.25, 0.3) is 0 Å². The zero-order valence-corrected chi connectivity index (χ0v) is 12.3. The number of carbonyl (C=O) groups excluding carboxylic acids is 1. The van der Waals surface area contributed by atoms with Crippen LogP contribution < -0.4 is 10.1 Å². The molecule has 1 saturated heterocycles. The SMILES string of the molecule is COc1ccccc1NC(=O)C1=C(O)C2OC2C(C)(C)C1. The van der Waals surface area contributed by atoms with Crippen LogP contribution in [0.15, 0.2) is 35.6 Å². The van der Waals surface area contributed by atoms with Gasteiger partial charge in [-0.15, -0.1) is 0 Å². The molecule has 1 heterocycles. The van der Waals surface area contributed by atoms with E-state index in [0.29, 0.717) is 23.4 Å². The highest BCUT2D eigenvalue weighted by atomic mass is 16.6. The molecule has 2 unspecified atom stereocenters. The van der Waals surface area contributed by atoms with Crippen molar-refractivity contribution in [1.29, 1.82) is 0 Å². The summed E-state index contributed by atoms with van der Waals surface area (Å²) in [5.74, 6) is 0.340. The van der Waals surface area contributed by atoms with Gasteiger partial charge in [0.15, 0.2) is 0 Å². The van der Waals surface area contributed by atoms with Crippen LogP contribution in [-0.2, 0) is 9.53 Å². The molecule has 5 nitrogen and oxygen atoms in total. The second kappa shape index (κ2) is 4.77. The molecule has 1 aromatic rings. The van der Waals surface area contributed by atoms with Gasteiger partial charge in [0.2, 0.25) is 0 Å². The molecule has 0 saturated carbocycles. The van der Waals surface area contributed by atoms with Gasteiger partial charge in [0.25, 0.3) is 5.91 Å². The topological polar surface area (TPSA) is 71.1 Å². The minimum Gasteiger partial charge on any atom is -0.509 e. The highest BCUT2D eigenvalue weighted by Crippen LogP contribution is 2.50. The minimum absolute atomic E-state index is 0.0142. The number of ether oxygens (including phenoxy) is 2. The fourth-order valence-corrected chi connectivity index (χ4v) is 2.88. The molecule has 1 aliphatic carbocycles. The third-order valence-electron chi connectivity index (χ3n) is 4.10. The molecule has 3 rings (SSSR count). The number of benzene rings is 1. The summed E-state index contributed by atoms with van der Waals surface area (Å²) < 4.78 is 10.7. The summed E-state index contributed by atoms with van der Waals surface area (Å²) >= 11 is 0. The van der Waals surface area contributed by atoms with Gasteiger partial charge in [-0.2, -0.15) is 0 Å². The van der Waals surface area contributed by atoms with Crippen LogP contribution in [0.2, 0.25) is 0 Å². The molecule has 21 heavy (non-hydrogen) atoms. The summed E-state index contributed by atoms with van der Waals surface area (Å²) in [6.07, 6.45) is 0.175. The molecule has 0 aromatic heterocycles. The number of hydrogen-bond donors (Lipinski definition) is 2. The maximum absolute atomic E-state index is 12.5. The first-order chi connectivity index (χ1) is 9.94. The first-order valence-corrected chi connectivity index (χ1v) is 6.96. The van der Waals surface area contributed by atoms with Crippen molar-refractivity contribution in [1.82, 2.24) is 0 Å². The van der Waals surface area contributed by atoms with Crippen LogP contribution in [0, 0.1) is 5.41 Å². The number of carbonyl (C=O) groups is 1. The number of nitrogens with one attached hydrogen (secondary N) is 1. The number of methoxy groups -OCH3 is 1. The predicted molar refractivity (Wildman–Crippen MR) is 78.3 cm³/mol. The number of hydrogen-bond acceptors (Lipinski definition) is 4. The first kappa shape index (κ1) is 13.9. The van der Waals surface area contributed by atoms with E-state index in [9.17, 15) is 9.90 Å². The van der Waals surface area contributed by atoms with Gasteiger partial charge in [0.1, 0.15) is 17.6 Å². The van der Waals surface area contributed by atoms with E-state index in [1.807, 2.05) is 26.0 Å². The lowest BCUT2D eigenvalue weighted by Crippen LogP contribution is -2.31. The number of epoxide rings is 1. The van der Waals surface area contributed by atoms with E-state index in [4.69, 9.17) is 9.47 Å². The van der Waals surface area contributed by atoms with Crippen molar-refractivity contribution in [2.45, 2.75) is 32.5 Å². The maximum Gasteiger partial charge on any atom is 0.255 e. The standard InChI is InChI=1S/C16H19NO4/c1-16(2)8-9(12(18)13-14(16)21-13)15(19)17-10-6-4-5-7-11(10)20-3/h4-7,13-14,18H,8H2,1-3H3,(H,17,19). The Balaban J connectivity index is 1.84. The number of amides is 1. The van der Waals surface area contributed by atoms with Crippen molar-refractivity contribution in [3.05, 3.63) is 35.6 Å². The van der Waals surface area contributed by atoms with Gasteiger partial charge in [0.05, 0.1) is 24.5 Å². The number of aliphatic hydroxyl groups is 1. The number of para-hydroxylation sites is 2. The zero-order chi connectivity index (χ0) is 15.2. The molecule has 1 amide bonds. The highest BCUT2D eigenvalue weighted by Gasteiger charge is 2.57. The molecule has 2 N–H and O–H groups in total. The number of anilines is 1. The average molecular weight is 289 g/mol. The smallest absolute Gasteiger partial charge is 0.255 e. The maximum atomic E-state index is 12.5. The second-order valence-corrected chi connectivity index (χ2v) is 6.16. The fraction of sp³-hybridized carbons (Fsp3) is 0.438. The molecule has 1 fully saturated rings. The van der Waals surface area contributed by atoms with Crippen molar-refractivity contribution in [3.8, 4) is 5.75 Å². The van der Waals surface area contributed by atoms with Crippen molar-refractivity contribution in [3.63, 3.8) is 0 Å². The van der Waals surface area contributed by atoms with E-state index in [1.54, 1.807) is 19.2 Å². The normalized spacial score (nSPS) is 26.0. The zero-order valence-electron chi connectivity index (χ0n) is 12.3. The molecule has 5 heteroatoms. The molecule has 0 bridgehead atoms.